The fourth-order valence-corrected chi connectivity index (χ4v) is 6.77. The first-order valence-corrected chi connectivity index (χ1v) is 14.0. The van der Waals surface area contributed by atoms with Crippen LogP contribution in [-0.4, -0.2) is 59.7 Å². The Morgan fingerprint density at radius 2 is 1.80 bits per heavy atom. The monoisotopic (exact) mass is 507 g/mol. The van der Waals surface area contributed by atoms with Crippen LogP contribution in [0.2, 0.25) is 0 Å². The van der Waals surface area contributed by atoms with Gasteiger partial charge in [-0.05, 0) is 68.8 Å². The number of carboxylic acid groups (broad SMARTS) is 1. The molecule has 0 aromatic carbocycles. The Kier molecular flexibility index (Phi) is 8.25. The van der Waals surface area contributed by atoms with Gasteiger partial charge < -0.3 is 24.6 Å². The Morgan fingerprint density at radius 3 is 2.37 bits per heavy atom. The lowest BCUT2D eigenvalue weighted by atomic mass is 9.79. The van der Waals surface area contributed by atoms with Crippen LogP contribution in [0, 0.1) is 11.8 Å². The standard InChI is InChI=1S/C27H41NO6S/c1-16-5-10-20(22(29)13-16)25(30)28(21-14-23(27(2,3)4)35-24(21)26(31)32)17-6-8-18(9-7-17)34-19-11-12-33-15-19/h14,16-20,22,29H,5-13,15H2,1-4H3,(H,31,32)/t16-,17?,18?,19?,20-,22+/m1/s1. The number of rotatable bonds is 6. The third kappa shape index (κ3) is 6.09. The van der Waals surface area contributed by atoms with Crippen LogP contribution in [0.25, 0.3) is 0 Å². The molecule has 0 bridgehead atoms. The third-order valence-corrected chi connectivity index (χ3v) is 9.36. The van der Waals surface area contributed by atoms with Crippen LogP contribution in [0.1, 0.15) is 93.6 Å². The zero-order valence-corrected chi connectivity index (χ0v) is 22.3. The minimum Gasteiger partial charge on any atom is -0.477 e. The minimum absolute atomic E-state index is 0.103. The van der Waals surface area contributed by atoms with Crippen LogP contribution < -0.4 is 4.90 Å². The zero-order valence-electron chi connectivity index (χ0n) is 21.5. The van der Waals surface area contributed by atoms with E-state index in [-0.39, 0.29) is 34.4 Å². The van der Waals surface area contributed by atoms with Gasteiger partial charge in [0, 0.05) is 17.5 Å². The molecule has 1 saturated heterocycles. The smallest absolute Gasteiger partial charge is 0.348 e. The molecule has 4 rings (SSSR count). The van der Waals surface area contributed by atoms with Crippen molar-refractivity contribution in [3.8, 4) is 0 Å². The highest BCUT2D eigenvalue weighted by Gasteiger charge is 2.41. The number of thiophene rings is 1. The van der Waals surface area contributed by atoms with Crippen molar-refractivity contribution in [2.75, 3.05) is 18.1 Å². The molecule has 8 heteroatoms. The van der Waals surface area contributed by atoms with Gasteiger partial charge in [-0.2, -0.15) is 0 Å². The number of aromatic carboxylic acids is 1. The second-order valence-electron chi connectivity index (χ2n) is 11.7. The SMILES string of the molecule is C[C@@H]1CC[C@@H](C(=O)N(c2cc(C(C)(C)C)sc2C(=O)O)C2CCC(OC3CCOC3)CC2)[C@@H](O)C1. The number of ether oxygens (including phenoxy) is 2. The van der Waals surface area contributed by atoms with E-state index in [1.54, 1.807) is 4.90 Å². The molecule has 3 aliphatic rings. The Morgan fingerprint density at radius 1 is 1.09 bits per heavy atom. The van der Waals surface area contributed by atoms with Crippen molar-refractivity contribution < 1.29 is 29.3 Å². The van der Waals surface area contributed by atoms with Gasteiger partial charge in [-0.3, -0.25) is 4.79 Å². The van der Waals surface area contributed by atoms with Crippen molar-refractivity contribution in [2.24, 2.45) is 11.8 Å². The first-order valence-electron chi connectivity index (χ1n) is 13.2. The van der Waals surface area contributed by atoms with Crippen LogP contribution in [0.15, 0.2) is 6.07 Å². The van der Waals surface area contributed by atoms with E-state index in [4.69, 9.17) is 9.47 Å². The van der Waals surface area contributed by atoms with E-state index in [9.17, 15) is 19.8 Å². The van der Waals surface area contributed by atoms with E-state index in [0.717, 1.165) is 50.0 Å². The lowest BCUT2D eigenvalue weighted by molar-refractivity contribution is -0.129. The van der Waals surface area contributed by atoms with E-state index in [1.165, 1.54) is 11.3 Å². The molecule has 1 aromatic rings. The number of aliphatic hydroxyl groups excluding tert-OH is 1. The van der Waals surface area contributed by atoms with Crippen molar-refractivity contribution >= 4 is 28.9 Å². The highest BCUT2D eigenvalue weighted by molar-refractivity contribution is 7.14. The maximum absolute atomic E-state index is 14.0. The van der Waals surface area contributed by atoms with Crippen LogP contribution in [0.4, 0.5) is 5.69 Å². The summed E-state index contributed by atoms with van der Waals surface area (Å²) in [5, 5.41) is 20.9. The van der Waals surface area contributed by atoms with Gasteiger partial charge in [-0.1, -0.05) is 27.7 Å². The molecule has 196 valence electrons. The molecule has 1 amide bonds. The molecule has 1 unspecified atom stereocenters. The highest BCUT2D eigenvalue weighted by Crippen LogP contribution is 2.42. The van der Waals surface area contributed by atoms with Gasteiger partial charge in [0.05, 0.1) is 36.5 Å². The van der Waals surface area contributed by atoms with Gasteiger partial charge in [-0.15, -0.1) is 11.3 Å². The van der Waals surface area contributed by atoms with Gasteiger partial charge in [0.25, 0.3) is 0 Å². The largest absolute Gasteiger partial charge is 0.477 e. The Labute approximate surface area is 212 Å². The second kappa shape index (κ2) is 10.9. The molecule has 2 N–H and O–H groups in total. The summed E-state index contributed by atoms with van der Waals surface area (Å²) >= 11 is 1.26. The summed E-state index contributed by atoms with van der Waals surface area (Å²) in [6, 6.07) is 1.80. The number of carbonyl (C=O) groups is 2. The van der Waals surface area contributed by atoms with E-state index < -0.39 is 18.0 Å². The molecular weight excluding hydrogens is 466 g/mol. The Bertz CT molecular complexity index is 894. The van der Waals surface area contributed by atoms with E-state index in [2.05, 4.69) is 27.7 Å². The molecule has 35 heavy (non-hydrogen) atoms. The fourth-order valence-electron chi connectivity index (χ4n) is 5.73. The summed E-state index contributed by atoms with van der Waals surface area (Å²) in [5.41, 5.74) is 0.271. The molecule has 2 aliphatic carbocycles. The van der Waals surface area contributed by atoms with Crippen molar-refractivity contribution in [1.82, 2.24) is 0 Å². The lowest BCUT2D eigenvalue weighted by Gasteiger charge is -2.41. The maximum atomic E-state index is 14.0. The van der Waals surface area contributed by atoms with E-state index >= 15 is 0 Å². The fraction of sp³-hybridized carbons (Fsp3) is 0.778. The number of hydrogen-bond acceptors (Lipinski definition) is 6. The molecule has 1 aromatic heterocycles. The third-order valence-electron chi connectivity index (χ3n) is 7.82. The predicted octanol–water partition coefficient (Wildman–Crippen LogP) is 4.99. The number of nitrogens with zero attached hydrogens (tertiary/aromatic N) is 1. The average Bonchev–Trinajstić information content (AvgIpc) is 3.45. The molecule has 0 radical (unpaired) electrons. The van der Waals surface area contributed by atoms with Crippen molar-refractivity contribution in [3.05, 3.63) is 15.8 Å². The van der Waals surface area contributed by atoms with Gasteiger partial charge in [0.1, 0.15) is 4.88 Å². The molecule has 2 heterocycles. The lowest BCUT2D eigenvalue weighted by Crippen LogP contribution is -2.50. The first kappa shape index (κ1) is 26.6. The molecule has 1 aliphatic heterocycles. The maximum Gasteiger partial charge on any atom is 0.348 e. The number of aliphatic hydroxyl groups is 1. The molecule has 0 spiro atoms. The molecular formula is C27H41NO6S. The Hall–Kier alpha value is -1.48. The van der Waals surface area contributed by atoms with Crippen LogP contribution >= 0.6 is 11.3 Å². The van der Waals surface area contributed by atoms with Crippen molar-refractivity contribution in [1.29, 1.82) is 0 Å². The quantitative estimate of drug-likeness (QED) is 0.563. The normalized spacial score (nSPS) is 31.9. The average molecular weight is 508 g/mol. The second-order valence-corrected chi connectivity index (χ2v) is 12.8. The number of amides is 1. The van der Waals surface area contributed by atoms with Crippen LogP contribution in [0.5, 0.6) is 0 Å². The zero-order chi connectivity index (χ0) is 25.3. The summed E-state index contributed by atoms with van der Waals surface area (Å²) in [7, 11) is 0. The highest BCUT2D eigenvalue weighted by atomic mass is 32.1. The first-order chi connectivity index (χ1) is 16.5. The number of carbonyl (C=O) groups excluding carboxylic acids is 1. The van der Waals surface area contributed by atoms with Crippen LogP contribution in [0.3, 0.4) is 0 Å². The molecule has 3 fully saturated rings. The van der Waals surface area contributed by atoms with E-state index in [0.29, 0.717) is 31.1 Å². The van der Waals surface area contributed by atoms with Gasteiger partial charge in [0.2, 0.25) is 5.91 Å². The van der Waals surface area contributed by atoms with Crippen LogP contribution in [-0.2, 0) is 19.7 Å². The van der Waals surface area contributed by atoms with Crippen molar-refractivity contribution in [3.63, 3.8) is 0 Å². The predicted molar refractivity (Wildman–Crippen MR) is 136 cm³/mol. The molecule has 7 nitrogen and oxygen atoms in total. The molecule has 2 saturated carbocycles. The minimum atomic E-state index is -1.01. The summed E-state index contributed by atoms with van der Waals surface area (Å²) in [6.45, 7) is 9.67. The number of carboxylic acids is 1. The van der Waals surface area contributed by atoms with Gasteiger partial charge in [0.15, 0.2) is 0 Å². The summed E-state index contributed by atoms with van der Waals surface area (Å²) in [6.07, 6.45) is 5.83. The van der Waals surface area contributed by atoms with E-state index in [1.807, 2.05) is 6.07 Å². The topological polar surface area (TPSA) is 96.3 Å². The molecule has 4 atom stereocenters. The van der Waals surface area contributed by atoms with Crippen molar-refractivity contribution in [2.45, 2.75) is 109 Å². The van der Waals surface area contributed by atoms with Gasteiger partial charge in [-0.25, -0.2) is 4.79 Å². The summed E-state index contributed by atoms with van der Waals surface area (Å²) in [4.78, 5) is 29.2. The number of hydrogen-bond donors (Lipinski definition) is 2. The summed E-state index contributed by atoms with van der Waals surface area (Å²) in [5.74, 6) is -1.23. The Balaban J connectivity index is 1.61. The number of anilines is 1. The van der Waals surface area contributed by atoms with Gasteiger partial charge >= 0.3 is 5.97 Å². The summed E-state index contributed by atoms with van der Waals surface area (Å²) < 4.78 is 11.7.